The summed E-state index contributed by atoms with van der Waals surface area (Å²) in [5.41, 5.74) is 1.13. The molecule has 1 aromatic rings. The molecular formula is C15H15Cl2F3N2O. The van der Waals surface area contributed by atoms with Crippen LogP contribution in [0.4, 0.5) is 18.9 Å². The van der Waals surface area contributed by atoms with Crippen LogP contribution in [0.3, 0.4) is 0 Å². The molecule has 1 atom stereocenters. The number of benzene rings is 1. The molecule has 2 rings (SSSR count). The molecule has 1 fully saturated rings. The molecule has 0 aromatic heterocycles. The number of alkyl halides is 3. The van der Waals surface area contributed by atoms with Gasteiger partial charge in [-0.25, -0.2) is 10.0 Å². The van der Waals surface area contributed by atoms with Crippen molar-refractivity contribution in [1.82, 2.24) is 5.01 Å². The third-order valence-electron chi connectivity index (χ3n) is 3.43. The van der Waals surface area contributed by atoms with Crippen LogP contribution in [0, 0.1) is 5.92 Å². The SMILES string of the molecule is CC(C)=CCN1CC(C(F)(F)F)C(=O)N1c1ccc(Cl)cc1Cl. The van der Waals surface area contributed by atoms with Crippen molar-refractivity contribution in [2.45, 2.75) is 20.0 Å². The molecule has 1 amide bonds. The molecule has 0 aliphatic carbocycles. The molecule has 3 nitrogen and oxygen atoms in total. The van der Waals surface area contributed by atoms with Gasteiger partial charge in [0, 0.05) is 18.1 Å². The van der Waals surface area contributed by atoms with Gasteiger partial charge in [0.15, 0.2) is 0 Å². The molecule has 0 saturated carbocycles. The van der Waals surface area contributed by atoms with E-state index in [9.17, 15) is 18.0 Å². The van der Waals surface area contributed by atoms with Gasteiger partial charge >= 0.3 is 6.18 Å². The molecule has 126 valence electrons. The van der Waals surface area contributed by atoms with E-state index in [0.29, 0.717) is 5.02 Å². The summed E-state index contributed by atoms with van der Waals surface area (Å²) < 4.78 is 39.3. The van der Waals surface area contributed by atoms with Crippen molar-refractivity contribution in [3.05, 3.63) is 39.9 Å². The molecule has 0 bridgehead atoms. The van der Waals surface area contributed by atoms with Gasteiger partial charge in [-0.2, -0.15) is 13.2 Å². The van der Waals surface area contributed by atoms with E-state index in [1.165, 1.54) is 23.2 Å². The molecule has 1 aliphatic heterocycles. The fraction of sp³-hybridized carbons (Fsp3) is 0.400. The van der Waals surface area contributed by atoms with Gasteiger partial charge in [0.1, 0.15) is 5.92 Å². The van der Waals surface area contributed by atoms with E-state index in [1.807, 2.05) is 13.8 Å². The van der Waals surface area contributed by atoms with E-state index in [2.05, 4.69) is 0 Å². The van der Waals surface area contributed by atoms with Crippen molar-refractivity contribution in [1.29, 1.82) is 0 Å². The minimum Gasteiger partial charge on any atom is -0.272 e. The van der Waals surface area contributed by atoms with Crippen molar-refractivity contribution in [3.8, 4) is 0 Å². The number of carbonyl (C=O) groups excluding carboxylic acids is 1. The molecule has 0 radical (unpaired) electrons. The molecule has 1 unspecified atom stereocenters. The van der Waals surface area contributed by atoms with Crippen LogP contribution in [-0.2, 0) is 4.79 Å². The minimum absolute atomic E-state index is 0.121. The van der Waals surface area contributed by atoms with Crippen LogP contribution < -0.4 is 5.01 Å². The van der Waals surface area contributed by atoms with Crippen LogP contribution in [0.1, 0.15) is 13.8 Å². The minimum atomic E-state index is -4.60. The predicted molar refractivity (Wildman–Crippen MR) is 84.5 cm³/mol. The van der Waals surface area contributed by atoms with Gasteiger partial charge in [-0.05, 0) is 32.0 Å². The lowest BCUT2D eigenvalue weighted by molar-refractivity contribution is -0.175. The van der Waals surface area contributed by atoms with Crippen LogP contribution in [0.5, 0.6) is 0 Å². The Labute approximate surface area is 142 Å². The summed E-state index contributed by atoms with van der Waals surface area (Å²) >= 11 is 11.9. The lowest BCUT2D eigenvalue weighted by atomic mass is 10.1. The molecule has 1 aliphatic rings. The molecule has 1 saturated heterocycles. The zero-order valence-corrected chi connectivity index (χ0v) is 14.0. The van der Waals surface area contributed by atoms with Gasteiger partial charge in [-0.1, -0.05) is 34.9 Å². The number of rotatable bonds is 3. The smallest absolute Gasteiger partial charge is 0.272 e. The average molecular weight is 367 g/mol. The molecule has 1 aromatic carbocycles. The zero-order chi connectivity index (χ0) is 17.4. The highest BCUT2D eigenvalue weighted by Gasteiger charge is 2.53. The Bertz CT molecular complexity index is 642. The van der Waals surface area contributed by atoms with E-state index in [4.69, 9.17) is 23.2 Å². The van der Waals surface area contributed by atoms with Crippen LogP contribution in [-0.4, -0.2) is 30.2 Å². The molecule has 8 heteroatoms. The summed E-state index contributed by atoms with van der Waals surface area (Å²) in [4.78, 5) is 12.3. The topological polar surface area (TPSA) is 23.6 Å². The van der Waals surface area contributed by atoms with Gasteiger partial charge < -0.3 is 0 Å². The number of carbonyl (C=O) groups is 1. The highest BCUT2D eigenvalue weighted by molar-refractivity contribution is 6.36. The summed E-state index contributed by atoms with van der Waals surface area (Å²) in [5, 5.41) is 2.79. The molecule has 0 spiro atoms. The summed E-state index contributed by atoms with van der Waals surface area (Å²) in [6.45, 7) is 3.40. The van der Waals surface area contributed by atoms with Crippen LogP contribution in [0.15, 0.2) is 29.8 Å². The number of halogens is 5. The maximum absolute atomic E-state index is 13.1. The lowest BCUT2D eigenvalue weighted by Gasteiger charge is -2.27. The van der Waals surface area contributed by atoms with Crippen LogP contribution in [0.2, 0.25) is 10.0 Å². The van der Waals surface area contributed by atoms with Crippen LogP contribution >= 0.6 is 23.2 Å². The number of allylic oxidation sites excluding steroid dienone is 1. The molecule has 0 N–H and O–H groups in total. The number of anilines is 1. The highest BCUT2D eigenvalue weighted by atomic mass is 35.5. The Balaban J connectivity index is 2.42. The zero-order valence-electron chi connectivity index (χ0n) is 12.5. The fourth-order valence-electron chi connectivity index (χ4n) is 2.27. The van der Waals surface area contributed by atoms with Crippen molar-refractivity contribution in [2.24, 2.45) is 5.92 Å². The van der Waals surface area contributed by atoms with E-state index < -0.39 is 24.5 Å². The first kappa shape index (κ1) is 18.1. The lowest BCUT2D eigenvalue weighted by Crippen LogP contribution is -2.40. The summed E-state index contributed by atoms with van der Waals surface area (Å²) in [6.07, 6.45) is -2.85. The van der Waals surface area contributed by atoms with E-state index in [1.54, 1.807) is 6.08 Å². The van der Waals surface area contributed by atoms with Crippen LogP contribution in [0.25, 0.3) is 0 Å². The Morgan fingerprint density at radius 2 is 2.00 bits per heavy atom. The maximum atomic E-state index is 13.1. The second-order valence-electron chi connectivity index (χ2n) is 5.49. The first-order valence-corrected chi connectivity index (χ1v) is 7.61. The van der Waals surface area contributed by atoms with Gasteiger partial charge in [0.2, 0.25) is 0 Å². The highest BCUT2D eigenvalue weighted by Crippen LogP contribution is 2.39. The van der Waals surface area contributed by atoms with Gasteiger partial charge in [-0.15, -0.1) is 0 Å². The third kappa shape index (κ3) is 4.00. The monoisotopic (exact) mass is 366 g/mol. The summed E-state index contributed by atoms with van der Waals surface area (Å²) in [5.74, 6) is -3.11. The second-order valence-corrected chi connectivity index (χ2v) is 6.34. The van der Waals surface area contributed by atoms with Crippen molar-refractivity contribution >= 4 is 34.8 Å². The summed E-state index contributed by atoms with van der Waals surface area (Å²) in [7, 11) is 0. The summed E-state index contributed by atoms with van der Waals surface area (Å²) in [6, 6.07) is 4.32. The van der Waals surface area contributed by atoms with Gasteiger partial charge in [-0.3, -0.25) is 4.79 Å². The van der Waals surface area contributed by atoms with E-state index >= 15 is 0 Å². The molecule has 23 heavy (non-hydrogen) atoms. The Kier molecular flexibility index (Phi) is 5.28. The number of hydrogen-bond acceptors (Lipinski definition) is 2. The molecule has 1 heterocycles. The van der Waals surface area contributed by atoms with Crippen molar-refractivity contribution in [2.75, 3.05) is 18.1 Å². The number of hydrogen-bond donors (Lipinski definition) is 0. The second kappa shape index (κ2) is 6.71. The van der Waals surface area contributed by atoms with Crippen molar-refractivity contribution in [3.63, 3.8) is 0 Å². The van der Waals surface area contributed by atoms with E-state index in [-0.39, 0.29) is 17.3 Å². The number of nitrogens with zero attached hydrogens (tertiary/aromatic N) is 2. The molecular weight excluding hydrogens is 352 g/mol. The van der Waals surface area contributed by atoms with Gasteiger partial charge in [0.05, 0.1) is 10.7 Å². The first-order valence-electron chi connectivity index (χ1n) is 6.85. The normalized spacial score (nSPS) is 19.3. The predicted octanol–water partition coefficient (Wildman–Crippen LogP) is 4.70. The fourth-order valence-corrected chi connectivity index (χ4v) is 2.76. The number of hydrazine groups is 1. The first-order chi connectivity index (χ1) is 10.6. The van der Waals surface area contributed by atoms with Gasteiger partial charge in [0.25, 0.3) is 5.91 Å². The Morgan fingerprint density at radius 3 is 2.52 bits per heavy atom. The standard InChI is InChI=1S/C15H15Cl2F3N2O/c1-9(2)5-6-21-8-11(15(18,19)20)14(23)22(21)13-4-3-10(16)7-12(13)17/h3-5,7,11H,6,8H2,1-2H3. The average Bonchev–Trinajstić information content (AvgIpc) is 2.74. The largest absolute Gasteiger partial charge is 0.401 e. The Hall–Kier alpha value is -1.24. The Morgan fingerprint density at radius 1 is 1.35 bits per heavy atom. The maximum Gasteiger partial charge on any atom is 0.401 e. The van der Waals surface area contributed by atoms with E-state index in [0.717, 1.165) is 10.6 Å². The van der Waals surface area contributed by atoms with Crippen molar-refractivity contribution < 1.29 is 18.0 Å². The number of amides is 1. The quantitative estimate of drug-likeness (QED) is 0.723. The third-order valence-corrected chi connectivity index (χ3v) is 3.96.